The molecule has 0 aromatic heterocycles. The zero-order valence-electron chi connectivity index (χ0n) is 8.74. The van der Waals surface area contributed by atoms with E-state index in [0.29, 0.717) is 6.61 Å². The van der Waals surface area contributed by atoms with E-state index < -0.39 is 10.3 Å². The van der Waals surface area contributed by atoms with E-state index >= 15 is 0 Å². The van der Waals surface area contributed by atoms with Crippen LogP contribution in [0.5, 0.6) is 5.75 Å². The van der Waals surface area contributed by atoms with Gasteiger partial charge >= 0.3 is 0 Å². The smallest absolute Gasteiger partial charge is 0.205 e. The van der Waals surface area contributed by atoms with Crippen molar-refractivity contribution >= 4 is 29.5 Å². The Morgan fingerprint density at radius 1 is 1.38 bits per heavy atom. The molecule has 4 heteroatoms. The van der Waals surface area contributed by atoms with Crippen molar-refractivity contribution in [3.63, 3.8) is 0 Å². The number of carbonyl (C=O) groups excluding carboxylic acids is 1. The number of rotatable bonds is 4. The Hall–Kier alpha value is -0.730. The van der Waals surface area contributed by atoms with Crippen molar-refractivity contribution in [3.05, 3.63) is 29.8 Å². The van der Waals surface area contributed by atoms with Crippen LogP contribution in [0.3, 0.4) is 0 Å². The molecule has 0 saturated heterocycles. The quantitative estimate of drug-likeness (QED) is 0.776. The molecule has 0 N–H and O–H groups in total. The molecule has 1 saturated carbocycles. The number of halogens is 2. The van der Waals surface area contributed by atoms with Crippen LogP contribution in [-0.4, -0.2) is 17.2 Å². The molecule has 1 aromatic carbocycles. The Kier molecular flexibility index (Phi) is 3.13. The lowest BCUT2D eigenvalue weighted by atomic mass is 10.1. The van der Waals surface area contributed by atoms with E-state index in [9.17, 15) is 4.79 Å². The summed E-state index contributed by atoms with van der Waals surface area (Å²) >= 11 is 12.0. The van der Waals surface area contributed by atoms with Crippen molar-refractivity contribution in [2.24, 2.45) is 5.92 Å². The van der Waals surface area contributed by atoms with E-state index in [-0.39, 0.29) is 5.92 Å². The third-order valence-corrected chi connectivity index (χ3v) is 3.67. The maximum atomic E-state index is 10.6. The van der Waals surface area contributed by atoms with Gasteiger partial charge < -0.3 is 4.74 Å². The van der Waals surface area contributed by atoms with Crippen LogP contribution in [0, 0.1) is 5.92 Å². The van der Waals surface area contributed by atoms with Gasteiger partial charge in [-0.2, -0.15) is 0 Å². The monoisotopic (exact) mass is 257 g/mol. The average molecular weight is 258 g/mol. The minimum Gasteiger partial charge on any atom is -0.494 e. The van der Waals surface area contributed by atoms with Gasteiger partial charge in [-0.05, 0) is 24.6 Å². The first-order valence-corrected chi connectivity index (χ1v) is 5.85. The molecule has 1 fully saturated rings. The predicted molar refractivity (Wildman–Crippen MR) is 64.0 cm³/mol. The second kappa shape index (κ2) is 4.27. The summed E-state index contributed by atoms with van der Waals surface area (Å²) in [4.78, 5) is 10.6. The standard InChI is InChI=1S/C12H11Cl2O2/c1-2-16-9-5-3-8(4-6-9)11-10(7-15)12(11,13)14/h3-6,10-11H,2H2,1H3. The van der Waals surface area contributed by atoms with Crippen molar-refractivity contribution in [2.45, 2.75) is 17.2 Å². The van der Waals surface area contributed by atoms with Gasteiger partial charge in [-0.1, -0.05) is 12.1 Å². The zero-order valence-corrected chi connectivity index (χ0v) is 10.3. The normalized spacial score (nSPS) is 26.2. The fourth-order valence-electron chi connectivity index (χ4n) is 1.83. The summed E-state index contributed by atoms with van der Waals surface area (Å²) in [5.74, 6) is 0.228. The van der Waals surface area contributed by atoms with E-state index in [2.05, 4.69) is 0 Å². The van der Waals surface area contributed by atoms with Gasteiger partial charge in [-0.15, -0.1) is 23.2 Å². The first-order chi connectivity index (χ1) is 7.61. The van der Waals surface area contributed by atoms with E-state index in [1.807, 2.05) is 37.5 Å². The van der Waals surface area contributed by atoms with Crippen LogP contribution >= 0.6 is 23.2 Å². The van der Waals surface area contributed by atoms with Crippen molar-refractivity contribution in [2.75, 3.05) is 6.61 Å². The molecule has 1 radical (unpaired) electrons. The van der Waals surface area contributed by atoms with Crippen LogP contribution < -0.4 is 4.74 Å². The Balaban J connectivity index is 2.15. The summed E-state index contributed by atoms with van der Waals surface area (Å²) < 4.78 is 4.33. The lowest BCUT2D eigenvalue weighted by Gasteiger charge is -2.04. The molecule has 2 atom stereocenters. The highest BCUT2D eigenvalue weighted by Crippen LogP contribution is 2.63. The lowest BCUT2D eigenvalue weighted by Crippen LogP contribution is -1.93. The van der Waals surface area contributed by atoms with Crippen LogP contribution in [0.4, 0.5) is 0 Å². The second-order valence-corrected chi connectivity index (χ2v) is 5.19. The molecule has 0 aliphatic heterocycles. The lowest BCUT2D eigenvalue weighted by molar-refractivity contribution is 0.340. The Morgan fingerprint density at radius 3 is 2.44 bits per heavy atom. The minimum atomic E-state index is -0.991. The summed E-state index contributed by atoms with van der Waals surface area (Å²) in [5, 5.41) is 0. The first kappa shape index (κ1) is 11.7. The molecular formula is C12H11Cl2O2. The van der Waals surface area contributed by atoms with Crippen LogP contribution in [0.25, 0.3) is 0 Å². The fraction of sp³-hybridized carbons (Fsp3) is 0.417. The van der Waals surface area contributed by atoms with E-state index in [1.165, 1.54) is 0 Å². The maximum absolute atomic E-state index is 10.6. The molecule has 16 heavy (non-hydrogen) atoms. The average Bonchev–Trinajstić information content (AvgIpc) is 2.82. The third-order valence-electron chi connectivity index (χ3n) is 2.73. The Bertz CT molecular complexity index is 387. The van der Waals surface area contributed by atoms with Gasteiger partial charge in [0.25, 0.3) is 0 Å². The van der Waals surface area contributed by atoms with Gasteiger partial charge in [-0.3, -0.25) is 4.79 Å². The predicted octanol–water partition coefficient (Wildman–Crippen LogP) is 3.08. The maximum Gasteiger partial charge on any atom is 0.205 e. The highest BCUT2D eigenvalue weighted by atomic mass is 35.5. The van der Waals surface area contributed by atoms with Crippen molar-refractivity contribution in [1.29, 1.82) is 0 Å². The number of ether oxygens (including phenoxy) is 1. The van der Waals surface area contributed by atoms with Crippen molar-refractivity contribution in [1.82, 2.24) is 0 Å². The summed E-state index contributed by atoms with van der Waals surface area (Å²) in [6, 6.07) is 7.46. The minimum absolute atomic E-state index is 0.149. The zero-order chi connectivity index (χ0) is 11.8. The second-order valence-electron chi connectivity index (χ2n) is 3.75. The van der Waals surface area contributed by atoms with Crippen molar-refractivity contribution < 1.29 is 9.53 Å². The summed E-state index contributed by atoms with van der Waals surface area (Å²) in [7, 11) is 0. The fourth-order valence-corrected chi connectivity index (χ4v) is 2.55. The van der Waals surface area contributed by atoms with E-state index in [4.69, 9.17) is 27.9 Å². The molecule has 2 rings (SSSR count). The van der Waals surface area contributed by atoms with Gasteiger partial charge in [0.15, 0.2) is 0 Å². The van der Waals surface area contributed by atoms with Crippen LogP contribution in [0.1, 0.15) is 18.4 Å². The molecule has 0 amide bonds. The molecule has 0 spiro atoms. The molecule has 0 heterocycles. The number of alkyl halides is 2. The third kappa shape index (κ3) is 1.92. The molecule has 2 nitrogen and oxygen atoms in total. The largest absolute Gasteiger partial charge is 0.494 e. The highest BCUT2D eigenvalue weighted by molar-refractivity contribution is 6.53. The Labute approximate surface area is 104 Å². The molecule has 1 aromatic rings. The van der Waals surface area contributed by atoms with Gasteiger partial charge in [-0.25, -0.2) is 0 Å². The topological polar surface area (TPSA) is 26.3 Å². The van der Waals surface area contributed by atoms with Gasteiger partial charge in [0, 0.05) is 5.92 Å². The summed E-state index contributed by atoms with van der Waals surface area (Å²) in [6.07, 6.45) is 1.87. The molecule has 2 unspecified atom stereocenters. The van der Waals surface area contributed by atoms with Gasteiger partial charge in [0.05, 0.1) is 12.5 Å². The molecular weight excluding hydrogens is 247 g/mol. The first-order valence-electron chi connectivity index (χ1n) is 5.09. The molecule has 85 valence electrons. The van der Waals surface area contributed by atoms with Crippen LogP contribution in [0.2, 0.25) is 0 Å². The number of hydrogen-bond acceptors (Lipinski definition) is 2. The van der Waals surface area contributed by atoms with Crippen LogP contribution in [0.15, 0.2) is 24.3 Å². The highest BCUT2D eigenvalue weighted by Gasteiger charge is 2.64. The SMILES string of the molecule is CCOc1ccc(C2C([C]=O)C2(Cl)Cl)cc1. The van der Waals surface area contributed by atoms with E-state index in [1.54, 1.807) is 0 Å². The van der Waals surface area contributed by atoms with Gasteiger partial charge in [0.1, 0.15) is 10.1 Å². The van der Waals surface area contributed by atoms with Crippen LogP contribution in [-0.2, 0) is 4.79 Å². The van der Waals surface area contributed by atoms with E-state index in [0.717, 1.165) is 11.3 Å². The molecule has 1 aliphatic rings. The van der Waals surface area contributed by atoms with Crippen molar-refractivity contribution in [3.8, 4) is 5.75 Å². The summed E-state index contributed by atoms with van der Waals surface area (Å²) in [5.41, 5.74) is 0.946. The number of benzene rings is 1. The van der Waals surface area contributed by atoms with Gasteiger partial charge in [0.2, 0.25) is 6.29 Å². The molecule has 0 bridgehead atoms. The summed E-state index contributed by atoms with van der Waals surface area (Å²) in [6.45, 7) is 2.55. The molecule has 1 aliphatic carbocycles. The number of hydrogen-bond donors (Lipinski definition) is 0. The Morgan fingerprint density at radius 2 is 2.00 bits per heavy atom.